The largest absolute Gasteiger partial charge is 0.399 e. The third-order valence-corrected chi connectivity index (χ3v) is 5.50. The van der Waals surface area contributed by atoms with Crippen LogP contribution in [-0.4, -0.2) is 55.2 Å². The fourth-order valence-electron chi connectivity index (χ4n) is 2.49. The molecule has 8 heteroatoms. The molecule has 0 aliphatic carbocycles. The Kier molecular flexibility index (Phi) is 3.62. The zero-order valence-electron chi connectivity index (χ0n) is 11.3. The fourth-order valence-corrected chi connectivity index (χ4v) is 4.11. The van der Waals surface area contributed by atoms with Crippen LogP contribution in [0.5, 0.6) is 0 Å². The predicted molar refractivity (Wildman–Crippen MR) is 78.3 cm³/mol. The van der Waals surface area contributed by atoms with Gasteiger partial charge in [0.2, 0.25) is 10.0 Å². The molecular formula is C13H17N3O4S. The van der Waals surface area contributed by atoms with Crippen LogP contribution >= 0.6 is 0 Å². The topological polar surface area (TPSA) is 109 Å². The number of aromatic amines is 1. The number of rotatable bonds is 3. The lowest BCUT2D eigenvalue weighted by Gasteiger charge is -2.31. The molecule has 7 nitrogen and oxygen atoms in total. The monoisotopic (exact) mass is 311 g/mol. The normalized spacial score (nSPS) is 20.9. The van der Waals surface area contributed by atoms with Gasteiger partial charge >= 0.3 is 0 Å². The second kappa shape index (κ2) is 5.30. The van der Waals surface area contributed by atoms with Crippen molar-refractivity contribution in [3.8, 4) is 0 Å². The standard InChI is InChI=1S/C13H17N3O4S/c14-9-1-2-11-12(5-9)15-6-13(11)21(18,19)16-3-4-20-10(7-16)8-17/h1-2,5-6,10,15,17H,3-4,7-8,14H2. The molecule has 114 valence electrons. The molecule has 2 heterocycles. The summed E-state index contributed by atoms with van der Waals surface area (Å²) in [5.41, 5.74) is 6.95. The van der Waals surface area contributed by atoms with E-state index < -0.39 is 16.1 Å². The zero-order chi connectivity index (χ0) is 15.0. The maximum atomic E-state index is 12.7. The van der Waals surface area contributed by atoms with Gasteiger partial charge in [-0.2, -0.15) is 4.31 Å². The Bertz CT molecular complexity index is 756. The molecule has 1 aromatic carbocycles. The molecule has 0 saturated carbocycles. The van der Waals surface area contributed by atoms with Crippen LogP contribution in [0, 0.1) is 0 Å². The maximum Gasteiger partial charge on any atom is 0.245 e. The van der Waals surface area contributed by atoms with E-state index in [4.69, 9.17) is 15.6 Å². The van der Waals surface area contributed by atoms with E-state index in [1.54, 1.807) is 18.2 Å². The van der Waals surface area contributed by atoms with Crippen molar-refractivity contribution in [2.45, 2.75) is 11.0 Å². The molecule has 0 radical (unpaired) electrons. The first-order valence-electron chi connectivity index (χ1n) is 6.61. The molecule has 1 aliphatic rings. The summed E-state index contributed by atoms with van der Waals surface area (Å²) in [5, 5.41) is 9.75. The highest BCUT2D eigenvalue weighted by Gasteiger charge is 2.32. The van der Waals surface area contributed by atoms with Crippen LogP contribution in [-0.2, 0) is 14.8 Å². The van der Waals surface area contributed by atoms with Crippen LogP contribution in [0.3, 0.4) is 0 Å². The summed E-state index contributed by atoms with van der Waals surface area (Å²) < 4.78 is 32.1. The first-order valence-corrected chi connectivity index (χ1v) is 8.05. The van der Waals surface area contributed by atoms with Crippen LogP contribution in [0.4, 0.5) is 5.69 Å². The summed E-state index contributed by atoms with van der Waals surface area (Å²) in [6.07, 6.45) is 0.998. The van der Waals surface area contributed by atoms with E-state index in [1.807, 2.05) is 0 Å². The van der Waals surface area contributed by atoms with Gasteiger partial charge in [-0.25, -0.2) is 8.42 Å². The van der Waals surface area contributed by atoms with Gasteiger partial charge in [-0.15, -0.1) is 0 Å². The first-order chi connectivity index (χ1) is 10.0. The van der Waals surface area contributed by atoms with Crippen LogP contribution in [0.1, 0.15) is 0 Å². The van der Waals surface area contributed by atoms with Gasteiger partial charge in [0.1, 0.15) is 4.90 Å². The SMILES string of the molecule is Nc1ccc2c(S(=O)(=O)N3CCOC(CO)C3)c[nH]c2c1. The third-order valence-electron chi connectivity index (χ3n) is 3.59. The number of aliphatic hydroxyl groups is 1. The lowest BCUT2D eigenvalue weighted by Crippen LogP contribution is -2.46. The predicted octanol–water partition coefficient (Wildman–Crippen LogP) is 0.132. The summed E-state index contributed by atoms with van der Waals surface area (Å²) in [7, 11) is -3.63. The highest BCUT2D eigenvalue weighted by atomic mass is 32.2. The van der Waals surface area contributed by atoms with Gasteiger partial charge in [0.25, 0.3) is 0 Å². The molecule has 1 saturated heterocycles. The Balaban J connectivity index is 2.00. The number of aliphatic hydroxyl groups excluding tert-OH is 1. The Labute approximate surface area is 122 Å². The van der Waals surface area contributed by atoms with Crippen molar-refractivity contribution in [2.24, 2.45) is 0 Å². The number of nitrogens with one attached hydrogen (secondary N) is 1. The molecule has 3 rings (SSSR count). The van der Waals surface area contributed by atoms with Crippen molar-refractivity contribution >= 4 is 26.6 Å². The summed E-state index contributed by atoms with van der Waals surface area (Å²) >= 11 is 0. The van der Waals surface area contributed by atoms with Gasteiger partial charge in [-0.1, -0.05) is 0 Å². The van der Waals surface area contributed by atoms with E-state index in [0.29, 0.717) is 16.6 Å². The molecule has 1 fully saturated rings. The second-order valence-corrected chi connectivity index (χ2v) is 6.90. The number of nitrogens with two attached hydrogens (primary N) is 1. The molecule has 2 aromatic rings. The quantitative estimate of drug-likeness (QED) is 0.698. The minimum atomic E-state index is -3.63. The Hall–Kier alpha value is -1.61. The number of fused-ring (bicyclic) bond motifs is 1. The van der Waals surface area contributed by atoms with Crippen molar-refractivity contribution in [2.75, 3.05) is 32.0 Å². The lowest BCUT2D eigenvalue weighted by molar-refractivity contribution is -0.0304. The first kappa shape index (κ1) is 14.3. The smallest absolute Gasteiger partial charge is 0.245 e. The minimum Gasteiger partial charge on any atom is -0.399 e. The van der Waals surface area contributed by atoms with Crippen LogP contribution in [0.2, 0.25) is 0 Å². The van der Waals surface area contributed by atoms with Gasteiger partial charge in [0, 0.05) is 35.9 Å². The number of sulfonamides is 1. The molecule has 0 amide bonds. The number of nitrogen functional groups attached to an aromatic ring is 1. The van der Waals surface area contributed by atoms with Crippen LogP contribution in [0.15, 0.2) is 29.3 Å². The Morgan fingerprint density at radius 1 is 1.48 bits per heavy atom. The van der Waals surface area contributed by atoms with Crippen molar-refractivity contribution in [1.82, 2.24) is 9.29 Å². The van der Waals surface area contributed by atoms with Crippen LogP contribution in [0.25, 0.3) is 10.9 Å². The number of aromatic nitrogens is 1. The van der Waals surface area contributed by atoms with Gasteiger partial charge in [-0.05, 0) is 18.2 Å². The van der Waals surface area contributed by atoms with Gasteiger partial charge in [0.05, 0.1) is 19.3 Å². The number of anilines is 1. The highest BCUT2D eigenvalue weighted by molar-refractivity contribution is 7.89. The summed E-state index contributed by atoms with van der Waals surface area (Å²) in [5.74, 6) is 0. The molecule has 4 N–H and O–H groups in total. The maximum absolute atomic E-state index is 12.7. The molecule has 1 unspecified atom stereocenters. The Morgan fingerprint density at radius 3 is 3.05 bits per heavy atom. The van der Waals surface area contributed by atoms with E-state index in [0.717, 1.165) is 0 Å². The van der Waals surface area contributed by atoms with Crippen molar-refractivity contribution in [1.29, 1.82) is 0 Å². The third kappa shape index (κ3) is 2.51. The van der Waals surface area contributed by atoms with Gasteiger partial charge in [0.15, 0.2) is 0 Å². The zero-order valence-corrected chi connectivity index (χ0v) is 12.1. The number of benzene rings is 1. The summed E-state index contributed by atoms with van der Waals surface area (Å²) in [6.45, 7) is 0.511. The number of hydrogen-bond acceptors (Lipinski definition) is 5. The summed E-state index contributed by atoms with van der Waals surface area (Å²) in [6, 6.07) is 5.06. The lowest BCUT2D eigenvalue weighted by atomic mass is 10.2. The van der Waals surface area contributed by atoms with Crippen molar-refractivity contribution in [3.63, 3.8) is 0 Å². The number of morpholine rings is 1. The molecule has 1 atom stereocenters. The second-order valence-electron chi connectivity index (χ2n) is 5.00. The molecule has 1 aliphatic heterocycles. The molecule has 0 spiro atoms. The number of H-pyrrole nitrogens is 1. The molecule has 1 aromatic heterocycles. The van der Waals surface area contributed by atoms with E-state index in [1.165, 1.54) is 10.5 Å². The fraction of sp³-hybridized carbons (Fsp3) is 0.385. The highest BCUT2D eigenvalue weighted by Crippen LogP contribution is 2.27. The number of nitrogens with zero attached hydrogens (tertiary/aromatic N) is 1. The molecular weight excluding hydrogens is 294 g/mol. The number of ether oxygens (including phenoxy) is 1. The van der Waals surface area contributed by atoms with E-state index in [2.05, 4.69) is 4.98 Å². The molecule has 0 bridgehead atoms. The number of hydrogen-bond donors (Lipinski definition) is 3. The molecule has 21 heavy (non-hydrogen) atoms. The van der Waals surface area contributed by atoms with E-state index in [-0.39, 0.29) is 31.2 Å². The van der Waals surface area contributed by atoms with Crippen molar-refractivity contribution in [3.05, 3.63) is 24.4 Å². The van der Waals surface area contributed by atoms with Crippen LogP contribution < -0.4 is 5.73 Å². The van der Waals surface area contributed by atoms with E-state index in [9.17, 15) is 8.42 Å². The van der Waals surface area contributed by atoms with Crippen molar-refractivity contribution < 1.29 is 18.3 Å². The van der Waals surface area contributed by atoms with Gasteiger partial charge < -0.3 is 20.6 Å². The Morgan fingerprint density at radius 2 is 2.29 bits per heavy atom. The summed E-state index contributed by atoms with van der Waals surface area (Å²) in [4.78, 5) is 3.15. The average Bonchev–Trinajstić information content (AvgIpc) is 2.91. The average molecular weight is 311 g/mol. The minimum absolute atomic E-state index is 0.153. The van der Waals surface area contributed by atoms with E-state index >= 15 is 0 Å². The van der Waals surface area contributed by atoms with Gasteiger partial charge in [-0.3, -0.25) is 0 Å².